The molecule has 1 aromatic heterocycles. The summed E-state index contributed by atoms with van der Waals surface area (Å²) in [6, 6.07) is 10.3. The van der Waals surface area contributed by atoms with Crippen molar-refractivity contribution >= 4 is 23.2 Å². The number of pyridine rings is 1. The van der Waals surface area contributed by atoms with E-state index in [1.165, 1.54) is 6.07 Å². The monoisotopic (exact) mass is 298 g/mol. The highest BCUT2D eigenvalue weighted by Crippen LogP contribution is 2.19. The van der Waals surface area contributed by atoms with Gasteiger partial charge in [0.2, 0.25) is 0 Å². The van der Waals surface area contributed by atoms with Crippen LogP contribution in [0.15, 0.2) is 36.4 Å². The highest BCUT2D eigenvalue weighted by atomic mass is 35.5. The van der Waals surface area contributed by atoms with E-state index >= 15 is 0 Å². The first-order valence-electron chi connectivity index (χ1n) is 5.79. The van der Waals surface area contributed by atoms with Crippen molar-refractivity contribution in [2.75, 3.05) is 7.05 Å². The number of rotatable bonds is 4. The second-order valence-electron chi connectivity index (χ2n) is 4.35. The fourth-order valence-corrected chi connectivity index (χ4v) is 2.23. The van der Waals surface area contributed by atoms with Gasteiger partial charge < -0.3 is 0 Å². The van der Waals surface area contributed by atoms with Crippen molar-refractivity contribution in [3.63, 3.8) is 0 Å². The summed E-state index contributed by atoms with van der Waals surface area (Å²) in [6.45, 7) is 1.09. The van der Waals surface area contributed by atoms with Gasteiger partial charge in [0.05, 0.1) is 0 Å². The minimum absolute atomic E-state index is 0.199. The smallest absolute Gasteiger partial charge is 0.135 e. The van der Waals surface area contributed by atoms with Crippen LogP contribution in [-0.4, -0.2) is 16.9 Å². The number of hydrogen-bond donors (Lipinski definition) is 0. The van der Waals surface area contributed by atoms with Crippen molar-refractivity contribution in [2.45, 2.75) is 13.1 Å². The number of hydrogen-bond acceptors (Lipinski definition) is 2. The zero-order valence-corrected chi connectivity index (χ0v) is 11.9. The second kappa shape index (κ2) is 6.33. The third kappa shape index (κ3) is 3.90. The fourth-order valence-electron chi connectivity index (χ4n) is 1.82. The zero-order chi connectivity index (χ0) is 13.8. The first-order chi connectivity index (χ1) is 9.06. The maximum atomic E-state index is 13.5. The Balaban J connectivity index is 2.05. The van der Waals surface area contributed by atoms with Crippen LogP contribution in [0.3, 0.4) is 0 Å². The summed E-state index contributed by atoms with van der Waals surface area (Å²) in [5.74, 6) is -0.199. The quantitative estimate of drug-likeness (QED) is 0.788. The summed E-state index contributed by atoms with van der Waals surface area (Å²) in [5, 5.41) is 0.749. The van der Waals surface area contributed by atoms with E-state index < -0.39 is 0 Å². The van der Waals surface area contributed by atoms with Gasteiger partial charge >= 0.3 is 0 Å². The molecular formula is C14H13Cl2FN2. The lowest BCUT2D eigenvalue weighted by atomic mass is 10.2. The van der Waals surface area contributed by atoms with Crippen molar-refractivity contribution in [1.82, 2.24) is 9.88 Å². The minimum Gasteiger partial charge on any atom is -0.298 e. The number of halogens is 3. The van der Waals surface area contributed by atoms with Crippen LogP contribution in [0.2, 0.25) is 10.3 Å². The molecular weight excluding hydrogens is 286 g/mol. The lowest BCUT2D eigenvalue weighted by Gasteiger charge is -2.17. The van der Waals surface area contributed by atoms with Gasteiger partial charge in [0.1, 0.15) is 16.1 Å². The third-order valence-corrected chi connectivity index (χ3v) is 3.27. The Hall–Kier alpha value is -1.16. The standard InChI is InChI=1S/C14H13Cl2FN2/c1-19(8-10-4-2-3-5-12(10)17)9-11-6-7-13(15)18-14(11)16/h2-7H,8-9H2,1H3. The van der Waals surface area contributed by atoms with Crippen LogP contribution in [0.1, 0.15) is 11.1 Å². The summed E-state index contributed by atoms with van der Waals surface area (Å²) < 4.78 is 13.5. The zero-order valence-electron chi connectivity index (χ0n) is 10.4. The number of benzene rings is 1. The molecule has 0 saturated carbocycles. The van der Waals surface area contributed by atoms with Crippen molar-refractivity contribution in [2.24, 2.45) is 0 Å². The average molecular weight is 299 g/mol. The molecule has 0 bridgehead atoms. The molecule has 100 valence electrons. The van der Waals surface area contributed by atoms with Gasteiger partial charge in [-0.15, -0.1) is 0 Å². The van der Waals surface area contributed by atoms with E-state index in [9.17, 15) is 4.39 Å². The lowest BCUT2D eigenvalue weighted by Crippen LogP contribution is -2.18. The predicted molar refractivity (Wildman–Crippen MR) is 75.8 cm³/mol. The van der Waals surface area contributed by atoms with Gasteiger partial charge in [-0.1, -0.05) is 47.5 Å². The predicted octanol–water partition coefficient (Wildman–Crippen LogP) is 4.16. The Morgan fingerprint density at radius 3 is 2.42 bits per heavy atom. The van der Waals surface area contributed by atoms with Gasteiger partial charge in [-0.25, -0.2) is 9.37 Å². The molecule has 0 amide bonds. The first kappa shape index (κ1) is 14.3. The Morgan fingerprint density at radius 2 is 1.74 bits per heavy atom. The normalized spacial score (nSPS) is 11.0. The molecule has 2 aromatic rings. The maximum absolute atomic E-state index is 13.5. The Labute approximate surface area is 121 Å². The topological polar surface area (TPSA) is 16.1 Å². The molecule has 0 aliphatic heterocycles. The van der Waals surface area contributed by atoms with Crippen LogP contribution in [0.4, 0.5) is 4.39 Å². The molecule has 0 unspecified atom stereocenters. The molecule has 0 aliphatic rings. The molecule has 2 rings (SSSR count). The number of aromatic nitrogens is 1. The summed E-state index contributed by atoms with van der Waals surface area (Å²) in [4.78, 5) is 5.95. The highest BCUT2D eigenvalue weighted by molar-refractivity contribution is 6.32. The molecule has 0 saturated heterocycles. The minimum atomic E-state index is -0.199. The van der Waals surface area contributed by atoms with Crippen LogP contribution in [-0.2, 0) is 13.1 Å². The molecule has 0 aliphatic carbocycles. The fraction of sp³-hybridized carbons (Fsp3) is 0.214. The van der Waals surface area contributed by atoms with Crippen LogP contribution in [0, 0.1) is 5.82 Å². The third-order valence-electron chi connectivity index (χ3n) is 2.73. The van der Waals surface area contributed by atoms with Gasteiger partial charge in [0.25, 0.3) is 0 Å². The summed E-state index contributed by atoms with van der Waals surface area (Å²) in [7, 11) is 1.90. The lowest BCUT2D eigenvalue weighted by molar-refractivity contribution is 0.313. The molecule has 5 heteroatoms. The molecule has 19 heavy (non-hydrogen) atoms. The second-order valence-corrected chi connectivity index (χ2v) is 5.09. The van der Waals surface area contributed by atoms with Crippen LogP contribution in [0.25, 0.3) is 0 Å². The Bertz CT molecular complexity index is 575. The van der Waals surface area contributed by atoms with Gasteiger partial charge in [0.15, 0.2) is 0 Å². The molecule has 1 heterocycles. The van der Waals surface area contributed by atoms with Crippen LogP contribution < -0.4 is 0 Å². The highest BCUT2D eigenvalue weighted by Gasteiger charge is 2.09. The van der Waals surface area contributed by atoms with E-state index in [0.717, 1.165) is 5.56 Å². The molecule has 0 fully saturated rings. The van der Waals surface area contributed by atoms with Crippen LogP contribution >= 0.6 is 23.2 Å². The van der Waals surface area contributed by atoms with Crippen molar-refractivity contribution < 1.29 is 4.39 Å². The van der Waals surface area contributed by atoms with E-state index in [0.29, 0.717) is 29.0 Å². The van der Waals surface area contributed by atoms with Crippen molar-refractivity contribution in [3.05, 3.63) is 63.6 Å². The average Bonchev–Trinajstić information content (AvgIpc) is 2.36. The van der Waals surface area contributed by atoms with Gasteiger partial charge in [-0.3, -0.25) is 4.90 Å². The van der Waals surface area contributed by atoms with Crippen LogP contribution in [0.5, 0.6) is 0 Å². The van der Waals surface area contributed by atoms with Gasteiger partial charge in [0, 0.05) is 24.2 Å². The van der Waals surface area contributed by atoms with Gasteiger partial charge in [-0.2, -0.15) is 0 Å². The summed E-state index contributed by atoms with van der Waals surface area (Å²) in [6.07, 6.45) is 0. The molecule has 0 spiro atoms. The Kier molecular flexibility index (Phi) is 4.75. The molecule has 0 atom stereocenters. The van der Waals surface area contributed by atoms with Crippen molar-refractivity contribution in [3.8, 4) is 0 Å². The SMILES string of the molecule is CN(Cc1ccccc1F)Cc1ccc(Cl)nc1Cl. The molecule has 0 radical (unpaired) electrons. The summed E-state index contributed by atoms with van der Waals surface area (Å²) >= 11 is 11.8. The molecule has 0 N–H and O–H groups in total. The number of nitrogens with zero attached hydrogens (tertiary/aromatic N) is 2. The van der Waals surface area contributed by atoms with E-state index in [-0.39, 0.29) is 5.82 Å². The maximum Gasteiger partial charge on any atom is 0.135 e. The van der Waals surface area contributed by atoms with E-state index in [4.69, 9.17) is 23.2 Å². The van der Waals surface area contributed by atoms with E-state index in [1.807, 2.05) is 24.1 Å². The van der Waals surface area contributed by atoms with E-state index in [2.05, 4.69) is 4.98 Å². The van der Waals surface area contributed by atoms with Gasteiger partial charge in [-0.05, 0) is 19.2 Å². The largest absolute Gasteiger partial charge is 0.298 e. The van der Waals surface area contributed by atoms with Crippen molar-refractivity contribution in [1.29, 1.82) is 0 Å². The molecule has 2 nitrogen and oxygen atoms in total. The molecule has 1 aromatic carbocycles. The van der Waals surface area contributed by atoms with E-state index in [1.54, 1.807) is 18.2 Å². The first-order valence-corrected chi connectivity index (χ1v) is 6.54. The Morgan fingerprint density at radius 1 is 1.05 bits per heavy atom. The summed E-state index contributed by atoms with van der Waals surface area (Å²) in [5.41, 5.74) is 1.52.